The predicted octanol–water partition coefficient (Wildman–Crippen LogP) is 1.76. The highest BCUT2D eigenvalue weighted by Gasteiger charge is 2.25. The third-order valence-electron chi connectivity index (χ3n) is 4.63. The van der Waals surface area contributed by atoms with E-state index in [2.05, 4.69) is 20.3 Å². The van der Waals surface area contributed by atoms with Gasteiger partial charge in [-0.3, -0.25) is 9.67 Å². The summed E-state index contributed by atoms with van der Waals surface area (Å²) in [7, 11) is 0.0193. The van der Waals surface area contributed by atoms with Gasteiger partial charge in [-0.2, -0.15) is 9.40 Å². The van der Waals surface area contributed by atoms with Gasteiger partial charge in [0.25, 0.3) is 10.0 Å². The van der Waals surface area contributed by atoms with Gasteiger partial charge in [-0.05, 0) is 18.4 Å². The SMILES string of the molecule is CCNC(=NCCN(C)S(=O)(=O)c1cccs1)N1CCOC(c2cnn(C)c2)C1.I. The molecule has 1 aliphatic heterocycles. The van der Waals surface area contributed by atoms with Crippen LogP contribution >= 0.6 is 35.3 Å². The summed E-state index contributed by atoms with van der Waals surface area (Å²) in [6.07, 6.45) is 3.72. The quantitative estimate of drug-likeness (QED) is 0.311. The molecule has 1 N–H and O–H groups in total. The fraction of sp³-hybridized carbons (Fsp3) is 0.556. The highest BCUT2D eigenvalue weighted by atomic mass is 127. The Morgan fingerprint density at radius 1 is 1.50 bits per heavy atom. The summed E-state index contributed by atoms with van der Waals surface area (Å²) in [6.45, 7) is 5.42. The number of nitrogens with zero attached hydrogens (tertiary/aromatic N) is 5. The smallest absolute Gasteiger partial charge is 0.252 e. The number of aliphatic imine (C=N–C) groups is 1. The fourth-order valence-electron chi connectivity index (χ4n) is 3.06. The number of guanidine groups is 1. The van der Waals surface area contributed by atoms with Crippen molar-refractivity contribution in [3.05, 3.63) is 35.5 Å². The maximum Gasteiger partial charge on any atom is 0.252 e. The average Bonchev–Trinajstić information content (AvgIpc) is 3.39. The van der Waals surface area contributed by atoms with Crippen LogP contribution in [0.15, 0.2) is 39.1 Å². The lowest BCUT2D eigenvalue weighted by atomic mass is 10.1. The second-order valence-corrected chi connectivity index (χ2v) is 9.97. The molecule has 0 saturated carbocycles. The minimum absolute atomic E-state index is 0. The molecule has 9 nitrogen and oxygen atoms in total. The predicted molar refractivity (Wildman–Crippen MR) is 129 cm³/mol. The maximum absolute atomic E-state index is 12.5. The summed E-state index contributed by atoms with van der Waals surface area (Å²) in [5.74, 6) is 0.770. The molecular formula is C18H29IN6O3S2. The van der Waals surface area contributed by atoms with E-state index in [4.69, 9.17) is 4.74 Å². The van der Waals surface area contributed by atoms with Crippen LogP contribution in [-0.2, 0) is 21.8 Å². The maximum atomic E-state index is 12.5. The molecule has 12 heteroatoms. The molecule has 1 aliphatic rings. The third-order valence-corrected chi connectivity index (χ3v) is 7.86. The van der Waals surface area contributed by atoms with E-state index in [0.717, 1.165) is 24.6 Å². The summed E-state index contributed by atoms with van der Waals surface area (Å²) in [4.78, 5) is 6.81. The number of rotatable bonds is 7. The number of ether oxygens (including phenoxy) is 1. The summed E-state index contributed by atoms with van der Waals surface area (Å²) in [5, 5.41) is 9.29. The number of aromatic nitrogens is 2. The zero-order valence-electron chi connectivity index (χ0n) is 17.4. The topological polar surface area (TPSA) is 92.1 Å². The van der Waals surface area contributed by atoms with Crippen molar-refractivity contribution in [3.63, 3.8) is 0 Å². The normalized spacial score (nSPS) is 17.8. The average molecular weight is 569 g/mol. The molecular weight excluding hydrogens is 539 g/mol. The fourth-order valence-corrected chi connectivity index (χ4v) is 5.42. The number of sulfonamides is 1. The number of hydrogen-bond donors (Lipinski definition) is 1. The van der Waals surface area contributed by atoms with Crippen LogP contribution in [0.2, 0.25) is 0 Å². The van der Waals surface area contributed by atoms with Crippen LogP contribution in [0, 0.1) is 0 Å². The van der Waals surface area contributed by atoms with Crippen molar-refractivity contribution in [2.24, 2.45) is 12.0 Å². The molecule has 0 bridgehead atoms. The number of hydrogen-bond acceptors (Lipinski definition) is 6. The van der Waals surface area contributed by atoms with Gasteiger partial charge in [0, 0.05) is 45.5 Å². The molecule has 1 saturated heterocycles. The summed E-state index contributed by atoms with van der Waals surface area (Å²) >= 11 is 1.22. The Balaban J connectivity index is 0.00000320. The lowest BCUT2D eigenvalue weighted by molar-refractivity contribution is -0.00804. The molecule has 0 amide bonds. The second-order valence-electron chi connectivity index (χ2n) is 6.75. The lowest BCUT2D eigenvalue weighted by Gasteiger charge is -2.34. The van der Waals surface area contributed by atoms with Gasteiger partial charge in [-0.1, -0.05) is 6.07 Å². The molecule has 168 valence electrons. The van der Waals surface area contributed by atoms with Crippen molar-refractivity contribution in [1.82, 2.24) is 24.3 Å². The highest BCUT2D eigenvalue weighted by Crippen LogP contribution is 2.22. The van der Waals surface area contributed by atoms with E-state index in [0.29, 0.717) is 30.5 Å². The van der Waals surface area contributed by atoms with Crippen LogP contribution in [0.1, 0.15) is 18.6 Å². The monoisotopic (exact) mass is 568 g/mol. The van der Waals surface area contributed by atoms with E-state index >= 15 is 0 Å². The zero-order chi connectivity index (χ0) is 20.9. The van der Waals surface area contributed by atoms with Crippen molar-refractivity contribution >= 4 is 51.3 Å². The van der Waals surface area contributed by atoms with Crippen LogP contribution in [0.4, 0.5) is 0 Å². The molecule has 2 aromatic heterocycles. The largest absolute Gasteiger partial charge is 0.370 e. The molecule has 3 heterocycles. The van der Waals surface area contributed by atoms with Gasteiger partial charge in [0.15, 0.2) is 5.96 Å². The minimum atomic E-state index is -3.45. The van der Waals surface area contributed by atoms with Gasteiger partial charge in [0.05, 0.1) is 25.9 Å². The van der Waals surface area contributed by atoms with Crippen molar-refractivity contribution in [1.29, 1.82) is 0 Å². The van der Waals surface area contributed by atoms with Crippen molar-refractivity contribution in [2.75, 3.05) is 46.4 Å². The Morgan fingerprint density at radius 3 is 2.93 bits per heavy atom. The molecule has 1 fully saturated rings. The Bertz CT molecular complexity index is 916. The summed E-state index contributed by atoms with van der Waals surface area (Å²) in [5.41, 5.74) is 1.04. The van der Waals surface area contributed by atoms with Crippen LogP contribution in [0.25, 0.3) is 0 Å². The number of thiophene rings is 1. The van der Waals surface area contributed by atoms with E-state index in [1.165, 1.54) is 15.6 Å². The van der Waals surface area contributed by atoms with Gasteiger partial charge in [-0.15, -0.1) is 35.3 Å². The molecule has 0 aliphatic carbocycles. The van der Waals surface area contributed by atoms with Crippen LogP contribution in [0.5, 0.6) is 0 Å². The second kappa shape index (κ2) is 11.4. The number of morpholine rings is 1. The first-order chi connectivity index (χ1) is 13.9. The number of aryl methyl sites for hydroxylation is 1. The number of likely N-dealkylation sites (N-methyl/N-ethyl adjacent to an activating group) is 1. The Kier molecular flexibility index (Phi) is 9.53. The Hall–Kier alpha value is -1.22. The van der Waals surface area contributed by atoms with Gasteiger partial charge < -0.3 is 15.0 Å². The third kappa shape index (κ3) is 6.15. The highest BCUT2D eigenvalue weighted by molar-refractivity contribution is 14.0. The van der Waals surface area contributed by atoms with Gasteiger partial charge in [-0.25, -0.2) is 8.42 Å². The standard InChI is InChI=1S/C18H28N6O3S2.HI/c1-4-19-18(20-7-8-23(3)29(25,26)17-6-5-11-28-17)24-9-10-27-16(14-24)15-12-21-22(2)13-15;/h5-6,11-13,16H,4,7-10,14H2,1-3H3,(H,19,20);1H. The first-order valence-electron chi connectivity index (χ1n) is 9.55. The number of nitrogens with one attached hydrogen (secondary N) is 1. The van der Waals surface area contributed by atoms with Crippen molar-refractivity contribution < 1.29 is 13.2 Å². The van der Waals surface area contributed by atoms with Gasteiger partial charge in [0.2, 0.25) is 0 Å². The lowest BCUT2D eigenvalue weighted by Crippen LogP contribution is -2.48. The number of halogens is 1. The zero-order valence-corrected chi connectivity index (χ0v) is 21.4. The molecule has 1 atom stereocenters. The Labute approximate surface area is 199 Å². The molecule has 2 aromatic rings. The van der Waals surface area contributed by atoms with Crippen LogP contribution in [-0.4, -0.2) is 79.7 Å². The molecule has 30 heavy (non-hydrogen) atoms. The van der Waals surface area contributed by atoms with E-state index < -0.39 is 10.0 Å². The van der Waals surface area contributed by atoms with E-state index in [1.807, 2.05) is 26.4 Å². The van der Waals surface area contributed by atoms with E-state index in [9.17, 15) is 8.42 Å². The van der Waals surface area contributed by atoms with Crippen molar-refractivity contribution in [2.45, 2.75) is 17.2 Å². The first kappa shape index (κ1) is 25.0. The Morgan fingerprint density at radius 2 is 2.30 bits per heavy atom. The summed E-state index contributed by atoms with van der Waals surface area (Å²) in [6, 6.07) is 3.36. The molecule has 0 radical (unpaired) electrons. The molecule has 1 unspecified atom stereocenters. The summed E-state index contributed by atoms with van der Waals surface area (Å²) < 4.78 is 34.4. The minimum Gasteiger partial charge on any atom is -0.370 e. The van der Waals surface area contributed by atoms with Gasteiger partial charge >= 0.3 is 0 Å². The molecule has 0 spiro atoms. The van der Waals surface area contributed by atoms with Crippen LogP contribution in [0.3, 0.4) is 0 Å². The van der Waals surface area contributed by atoms with Gasteiger partial charge in [0.1, 0.15) is 10.3 Å². The van der Waals surface area contributed by atoms with Crippen molar-refractivity contribution in [3.8, 4) is 0 Å². The first-order valence-corrected chi connectivity index (χ1v) is 11.9. The molecule has 0 aromatic carbocycles. The van der Waals surface area contributed by atoms with E-state index in [-0.39, 0.29) is 30.1 Å². The van der Waals surface area contributed by atoms with E-state index in [1.54, 1.807) is 29.2 Å². The van der Waals surface area contributed by atoms with Crippen LogP contribution < -0.4 is 5.32 Å². The molecule has 3 rings (SSSR count).